The molecule has 0 fully saturated rings. The van der Waals surface area contributed by atoms with Gasteiger partial charge in [-0.25, -0.2) is 4.98 Å². The second kappa shape index (κ2) is 5.63. The molecule has 0 radical (unpaired) electrons. The normalized spacial score (nSPS) is 14.2. The molecule has 3 nitrogen and oxygen atoms in total. The van der Waals surface area contributed by atoms with Gasteiger partial charge in [-0.2, -0.15) is 0 Å². The maximum Gasteiger partial charge on any atom is 0.133 e. The summed E-state index contributed by atoms with van der Waals surface area (Å²) in [5, 5.41) is 3.16. The molecule has 0 atom stereocenters. The molecule has 0 spiro atoms. The van der Waals surface area contributed by atoms with E-state index in [-0.39, 0.29) is 0 Å². The van der Waals surface area contributed by atoms with Crippen LogP contribution in [0.5, 0.6) is 0 Å². The third-order valence-corrected chi connectivity index (χ3v) is 3.78. The number of pyridine rings is 1. The van der Waals surface area contributed by atoms with Crippen molar-refractivity contribution in [2.45, 2.75) is 26.3 Å². The van der Waals surface area contributed by atoms with Crippen molar-refractivity contribution in [3.05, 3.63) is 53.2 Å². The minimum absolute atomic E-state index is 0.808. The molecule has 20 heavy (non-hydrogen) atoms. The van der Waals surface area contributed by atoms with E-state index in [4.69, 9.17) is 4.98 Å². The number of aromatic nitrogens is 1. The van der Waals surface area contributed by atoms with Crippen molar-refractivity contribution >= 4 is 11.5 Å². The van der Waals surface area contributed by atoms with Gasteiger partial charge < -0.3 is 10.2 Å². The van der Waals surface area contributed by atoms with Crippen molar-refractivity contribution in [3.8, 4) is 0 Å². The maximum absolute atomic E-state index is 4.77. The Labute approximate surface area is 120 Å². The number of anilines is 2. The first-order valence-electron chi connectivity index (χ1n) is 7.25. The number of nitrogens with zero attached hydrogens (tertiary/aromatic N) is 2. The van der Waals surface area contributed by atoms with Crippen LogP contribution in [0.4, 0.5) is 11.5 Å². The van der Waals surface area contributed by atoms with Crippen LogP contribution in [0.2, 0.25) is 0 Å². The molecule has 0 saturated carbocycles. The van der Waals surface area contributed by atoms with Crippen LogP contribution in [0.3, 0.4) is 0 Å². The molecule has 0 amide bonds. The molecule has 104 valence electrons. The SMILES string of the molecule is CNCc1cccc(N2CCCc3cc(C)ccc32)n1. The Morgan fingerprint density at radius 2 is 2.15 bits per heavy atom. The van der Waals surface area contributed by atoms with Crippen LogP contribution < -0.4 is 10.2 Å². The molecule has 0 bridgehead atoms. The number of fused-ring (bicyclic) bond motifs is 1. The second-order valence-corrected chi connectivity index (χ2v) is 5.40. The molecule has 3 heteroatoms. The Morgan fingerprint density at radius 3 is 3.00 bits per heavy atom. The van der Waals surface area contributed by atoms with Crippen LogP contribution in [0.15, 0.2) is 36.4 Å². The highest BCUT2D eigenvalue weighted by molar-refractivity contribution is 5.66. The van der Waals surface area contributed by atoms with E-state index in [2.05, 4.69) is 53.5 Å². The Hall–Kier alpha value is -1.87. The largest absolute Gasteiger partial charge is 0.326 e. The fraction of sp³-hybridized carbons (Fsp3) is 0.353. The summed E-state index contributed by atoms with van der Waals surface area (Å²) in [4.78, 5) is 7.12. The fourth-order valence-corrected chi connectivity index (χ4v) is 2.86. The summed E-state index contributed by atoms with van der Waals surface area (Å²) in [6, 6.07) is 13.0. The number of hydrogen-bond donors (Lipinski definition) is 1. The zero-order valence-electron chi connectivity index (χ0n) is 12.2. The van der Waals surface area contributed by atoms with Crippen LogP contribution in [0.25, 0.3) is 0 Å². The number of benzene rings is 1. The Kier molecular flexibility index (Phi) is 3.70. The minimum atomic E-state index is 0.808. The van der Waals surface area contributed by atoms with Gasteiger partial charge in [-0.3, -0.25) is 0 Å². The average molecular weight is 267 g/mol. The summed E-state index contributed by atoms with van der Waals surface area (Å²) in [5.41, 5.74) is 5.18. The standard InChI is InChI=1S/C17H21N3/c1-13-8-9-16-14(11-13)5-4-10-20(16)17-7-3-6-15(19-17)12-18-2/h3,6-9,11,18H,4-5,10,12H2,1-2H3. The van der Waals surface area contributed by atoms with Crippen molar-refractivity contribution in [1.29, 1.82) is 0 Å². The lowest BCUT2D eigenvalue weighted by Crippen LogP contribution is -2.25. The molecule has 1 aliphatic heterocycles. The quantitative estimate of drug-likeness (QED) is 0.925. The van der Waals surface area contributed by atoms with Crippen LogP contribution in [-0.2, 0) is 13.0 Å². The van der Waals surface area contributed by atoms with Crippen molar-refractivity contribution in [3.63, 3.8) is 0 Å². The highest BCUT2D eigenvalue weighted by Gasteiger charge is 2.19. The van der Waals surface area contributed by atoms with Crippen LogP contribution in [0.1, 0.15) is 23.2 Å². The van der Waals surface area contributed by atoms with Gasteiger partial charge in [0.05, 0.1) is 5.69 Å². The van der Waals surface area contributed by atoms with Crippen molar-refractivity contribution in [1.82, 2.24) is 10.3 Å². The Bertz CT molecular complexity index is 607. The van der Waals surface area contributed by atoms with Gasteiger partial charge in [-0.15, -0.1) is 0 Å². The third kappa shape index (κ3) is 2.54. The van der Waals surface area contributed by atoms with E-state index in [9.17, 15) is 0 Å². The number of rotatable bonds is 3. The fourth-order valence-electron chi connectivity index (χ4n) is 2.86. The molecule has 1 aliphatic rings. The van der Waals surface area contributed by atoms with E-state index >= 15 is 0 Å². The van der Waals surface area contributed by atoms with Gasteiger partial charge in [0, 0.05) is 18.8 Å². The minimum Gasteiger partial charge on any atom is -0.326 e. The van der Waals surface area contributed by atoms with Gasteiger partial charge >= 0.3 is 0 Å². The molecular formula is C17H21N3. The van der Waals surface area contributed by atoms with Crippen molar-refractivity contribution in [2.24, 2.45) is 0 Å². The summed E-state index contributed by atoms with van der Waals surface area (Å²) in [5.74, 6) is 1.06. The highest BCUT2D eigenvalue weighted by Crippen LogP contribution is 2.32. The summed E-state index contributed by atoms with van der Waals surface area (Å²) >= 11 is 0. The van der Waals surface area contributed by atoms with Gasteiger partial charge in [-0.05, 0) is 50.6 Å². The molecule has 0 unspecified atom stereocenters. The van der Waals surface area contributed by atoms with E-state index in [0.29, 0.717) is 0 Å². The Morgan fingerprint density at radius 1 is 1.25 bits per heavy atom. The molecule has 2 aromatic rings. The first-order valence-corrected chi connectivity index (χ1v) is 7.25. The van der Waals surface area contributed by atoms with E-state index in [1.807, 2.05) is 7.05 Å². The smallest absolute Gasteiger partial charge is 0.133 e. The highest BCUT2D eigenvalue weighted by atomic mass is 15.2. The van der Waals surface area contributed by atoms with Gasteiger partial charge in [0.2, 0.25) is 0 Å². The topological polar surface area (TPSA) is 28.2 Å². The van der Waals surface area contributed by atoms with E-state index in [0.717, 1.165) is 24.6 Å². The molecular weight excluding hydrogens is 246 g/mol. The molecule has 0 aliphatic carbocycles. The lowest BCUT2D eigenvalue weighted by Gasteiger charge is -2.31. The third-order valence-electron chi connectivity index (χ3n) is 3.78. The summed E-state index contributed by atoms with van der Waals surface area (Å²) < 4.78 is 0. The van der Waals surface area contributed by atoms with Crippen molar-refractivity contribution in [2.75, 3.05) is 18.5 Å². The van der Waals surface area contributed by atoms with Gasteiger partial charge in [0.1, 0.15) is 5.82 Å². The second-order valence-electron chi connectivity index (χ2n) is 5.40. The van der Waals surface area contributed by atoms with Crippen LogP contribution >= 0.6 is 0 Å². The monoisotopic (exact) mass is 267 g/mol. The van der Waals surface area contributed by atoms with Crippen molar-refractivity contribution < 1.29 is 0 Å². The molecule has 1 N–H and O–H groups in total. The van der Waals surface area contributed by atoms with Gasteiger partial charge in [0.15, 0.2) is 0 Å². The summed E-state index contributed by atoms with van der Waals surface area (Å²) in [7, 11) is 1.95. The van der Waals surface area contributed by atoms with Crippen LogP contribution in [0, 0.1) is 6.92 Å². The lowest BCUT2D eigenvalue weighted by atomic mass is 9.99. The van der Waals surface area contributed by atoms with Crippen LogP contribution in [-0.4, -0.2) is 18.6 Å². The lowest BCUT2D eigenvalue weighted by molar-refractivity contribution is 0.748. The summed E-state index contributed by atoms with van der Waals surface area (Å²) in [6.07, 6.45) is 2.36. The Balaban J connectivity index is 1.98. The predicted octanol–water partition coefficient (Wildman–Crippen LogP) is 3.19. The number of hydrogen-bond acceptors (Lipinski definition) is 3. The molecule has 1 aromatic heterocycles. The molecule has 2 heterocycles. The van der Waals surface area contributed by atoms with E-state index < -0.39 is 0 Å². The van der Waals surface area contributed by atoms with E-state index in [1.54, 1.807) is 0 Å². The van der Waals surface area contributed by atoms with Gasteiger partial charge in [0.25, 0.3) is 0 Å². The van der Waals surface area contributed by atoms with E-state index in [1.165, 1.54) is 29.7 Å². The first kappa shape index (κ1) is 13.1. The van der Waals surface area contributed by atoms with Gasteiger partial charge in [-0.1, -0.05) is 23.8 Å². The first-order chi connectivity index (χ1) is 9.78. The zero-order valence-corrected chi connectivity index (χ0v) is 12.2. The number of aryl methyl sites for hydroxylation is 2. The molecule has 3 rings (SSSR count). The maximum atomic E-state index is 4.77. The number of nitrogens with one attached hydrogen (secondary N) is 1. The molecule has 1 aromatic carbocycles. The average Bonchev–Trinajstić information content (AvgIpc) is 2.47. The molecule has 0 saturated heterocycles. The zero-order chi connectivity index (χ0) is 13.9. The predicted molar refractivity (Wildman–Crippen MR) is 83.5 cm³/mol. The summed E-state index contributed by atoms with van der Waals surface area (Å²) in [6.45, 7) is 4.01.